The van der Waals surface area contributed by atoms with Gasteiger partial charge in [-0.1, -0.05) is 6.07 Å². The number of carbonyl (C=O) groups is 2. The van der Waals surface area contributed by atoms with Crippen LogP contribution >= 0.6 is 0 Å². The molecule has 0 radical (unpaired) electrons. The van der Waals surface area contributed by atoms with Crippen molar-refractivity contribution in [3.05, 3.63) is 59.9 Å². The van der Waals surface area contributed by atoms with Crippen molar-refractivity contribution in [3.8, 4) is 11.5 Å². The third-order valence-electron chi connectivity index (χ3n) is 3.75. The Morgan fingerprint density at radius 1 is 1.03 bits per heavy atom. The van der Waals surface area contributed by atoms with Gasteiger partial charge in [-0.25, -0.2) is 9.18 Å². The minimum Gasteiger partial charge on any atom is -0.490 e. The molecule has 7 heteroatoms. The Kier molecular flexibility index (Phi) is 8.21. The first-order valence-electron chi connectivity index (χ1n) is 9.27. The molecule has 1 atom stereocenters. The molecule has 6 nitrogen and oxygen atoms in total. The van der Waals surface area contributed by atoms with Crippen molar-refractivity contribution in [3.63, 3.8) is 0 Å². The fraction of sp³-hybridized carbons (Fsp3) is 0.273. The second-order valence-corrected chi connectivity index (χ2v) is 5.98. The molecule has 0 spiro atoms. The second kappa shape index (κ2) is 10.8. The number of rotatable bonds is 9. The van der Waals surface area contributed by atoms with E-state index in [0.29, 0.717) is 30.4 Å². The lowest BCUT2D eigenvalue weighted by Gasteiger charge is -2.12. The minimum absolute atomic E-state index is 0.408. The van der Waals surface area contributed by atoms with Crippen LogP contribution in [-0.2, 0) is 14.3 Å². The van der Waals surface area contributed by atoms with Gasteiger partial charge in [-0.05, 0) is 68.8 Å². The van der Waals surface area contributed by atoms with Crippen LogP contribution in [0.25, 0.3) is 6.08 Å². The lowest BCUT2D eigenvalue weighted by Crippen LogP contribution is -2.29. The first kappa shape index (κ1) is 21.9. The van der Waals surface area contributed by atoms with E-state index in [2.05, 4.69) is 5.32 Å². The van der Waals surface area contributed by atoms with Crippen LogP contribution in [0.3, 0.4) is 0 Å². The van der Waals surface area contributed by atoms with E-state index in [1.807, 2.05) is 13.8 Å². The third-order valence-corrected chi connectivity index (χ3v) is 3.75. The van der Waals surface area contributed by atoms with E-state index in [1.165, 1.54) is 37.3 Å². The van der Waals surface area contributed by atoms with Gasteiger partial charge >= 0.3 is 5.97 Å². The number of benzene rings is 2. The highest BCUT2D eigenvalue weighted by molar-refractivity contribution is 5.96. The fourth-order valence-corrected chi connectivity index (χ4v) is 2.38. The number of carbonyl (C=O) groups excluding carboxylic acids is 2. The lowest BCUT2D eigenvalue weighted by molar-refractivity contribution is -0.148. The van der Waals surface area contributed by atoms with Gasteiger partial charge in [0.25, 0.3) is 5.91 Å². The zero-order valence-electron chi connectivity index (χ0n) is 16.6. The van der Waals surface area contributed by atoms with Crippen LogP contribution < -0.4 is 14.8 Å². The van der Waals surface area contributed by atoms with Gasteiger partial charge in [0.2, 0.25) is 0 Å². The molecule has 0 aliphatic rings. The molecule has 154 valence electrons. The van der Waals surface area contributed by atoms with Gasteiger partial charge in [-0.3, -0.25) is 4.79 Å². The molecule has 2 aromatic carbocycles. The van der Waals surface area contributed by atoms with Crippen molar-refractivity contribution in [1.29, 1.82) is 0 Å². The topological polar surface area (TPSA) is 73.9 Å². The van der Waals surface area contributed by atoms with E-state index < -0.39 is 23.8 Å². The Labute approximate surface area is 169 Å². The Bertz CT molecular complexity index is 864. The average molecular weight is 401 g/mol. The van der Waals surface area contributed by atoms with E-state index in [-0.39, 0.29) is 0 Å². The molecule has 0 fully saturated rings. The van der Waals surface area contributed by atoms with Crippen molar-refractivity contribution >= 4 is 23.6 Å². The van der Waals surface area contributed by atoms with E-state index in [1.54, 1.807) is 24.3 Å². The van der Waals surface area contributed by atoms with Crippen molar-refractivity contribution in [2.24, 2.45) is 0 Å². The van der Waals surface area contributed by atoms with Gasteiger partial charge in [0.05, 0.1) is 13.2 Å². The van der Waals surface area contributed by atoms with Crippen LogP contribution in [0.2, 0.25) is 0 Å². The molecule has 1 amide bonds. The maximum absolute atomic E-state index is 12.9. The maximum Gasteiger partial charge on any atom is 0.331 e. The van der Waals surface area contributed by atoms with Gasteiger partial charge in [-0.15, -0.1) is 0 Å². The number of hydrogen-bond donors (Lipinski definition) is 1. The van der Waals surface area contributed by atoms with Crippen molar-refractivity contribution in [1.82, 2.24) is 0 Å². The van der Waals surface area contributed by atoms with E-state index in [9.17, 15) is 14.0 Å². The Morgan fingerprint density at radius 2 is 1.69 bits per heavy atom. The van der Waals surface area contributed by atoms with Crippen LogP contribution in [0.5, 0.6) is 11.5 Å². The number of esters is 1. The summed E-state index contributed by atoms with van der Waals surface area (Å²) in [5.41, 5.74) is 1.13. The zero-order valence-corrected chi connectivity index (χ0v) is 16.6. The van der Waals surface area contributed by atoms with Gasteiger partial charge in [0, 0.05) is 11.8 Å². The Hall–Kier alpha value is -3.35. The minimum atomic E-state index is -1.02. The second-order valence-electron chi connectivity index (χ2n) is 5.98. The summed E-state index contributed by atoms with van der Waals surface area (Å²) in [6.07, 6.45) is 1.77. The molecule has 1 N–H and O–H groups in total. The standard InChI is InChI=1S/C22H24FNO5/c1-4-27-19-12-6-16(14-20(19)28-5-2)7-13-21(25)29-15(3)22(26)24-18-10-8-17(23)9-11-18/h6-15H,4-5H2,1-3H3,(H,24,26)/b13-7+/t15-/m0/s1. The molecule has 0 heterocycles. The Morgan fingerprint density at radius 3 is 2.34 bits per heavy atom. The van der Waals surface area contributed by atoms with Gasteiger partial charge in [-0.2, -0.15) is 0 Å². The molecule has 0 aliphatic carbocycles. The first-order valence-corrected chi connectivity index (χ1v) is 9.27. The SMILES string of the molecule is CCOc1ccc(/C=C/C(=O)O[C@@H](C)C(=O)Nc2ccc(F)cc2)cc1OCC. The molecule has 0 saturated carbocycles. The molecule has 0 saturated heterocycles. The molecule has 0 aromatic heterocycles. The number of hydrogen-bond acceptors (Lipinski definition) is 5. The molecule has 2 aromatic rings. The quantitative estimate of drug-likeness (QED) is 0.503. The third kappa shape index (κ3) is 6.95. The van der Waals surface area contributed by atoms with Crippen LogP contribution in [0, 0.1) is 5.82 Å². The highest BCUT2D eigenvalue weighted by Crippen LogP contribution is 2.29. The van der Waals surface area contributed by atoms with Crippen LogP contribution in [-0.4, -0.2) is 31.2 Å². The number of anilines is 1. The van der Waals surface area contributed by atoms with Crippen LogP contribution in [0.1, 0.15) is 26.3 Å². The molecular weight excluding hydrogens is 377 g/mol. The smallest absolute Gasteiger partial charge is 0.331 e. The lowest BCUT2D eigenvalue weighted by atomic mass is 10.2. The van der Waals surface area contributed by atoms with Gasteiger partial charge < -0.3 is 19.5 Å². The maximum atomic E-state index is 12.9. The molecular formula is C22H24FNO5. The number of ether oxygens (including phenoxy) is 3. The molecule has 29 heavy (non-hydrogen) atoms. The molecule has 0 bridgehead atoms. The average Bonchev–Trinajstić information content (AvgIpc) is 2.70. The number of nitrogens with one attached hydrogen (secondary N) is 1. The van der Waals surface area contributed by atoms with E-state index in [0.717, 1.165) is 5.56 Å². The molecule has 0 unspecified atom stereocenters. The van der Waals surface area contributed by atoms with Gasteiger partial charge in [0.15, 0.2) is 17.6 Å². The number of halogens is 1. The molecule has 2 rings (SSSR count). The zero-order chi connectivity index (χ0) is 21.2. The van der Waals surface area contributed by atoms with E-state index >= 15 is 0 Å². The largest absolute Gasteiger partial charge is 0.490 e. The van der Waals surface area contributed by atoms with Crippen molar-refractivity contribution in [2.45, 2.75) is 26.9 Å². The summed E-state index contributed by atoms with van der Waals surface area (Å²) in [4.78, 5) is 24.1. The normalized spacial score (nSPS) is 11.7. The highest BCUT2D eigenvalue weighted by atomic mass is 19.1. The summed E-state index contributed by atoms with van der Waals surface area (Å²) in [5, 5.41) is 2.55. The molecule has 0 aliphatic heterocycles. The predicted molar refractivity (Wildman–Crippen MR) is 108 cm³/mol. The monoisotopic (exact) mass is 401 g/mol. The summed E-state index contributed by atoms with van der Waals surface area (Å²) in [6.45, 7) is 6.20. The highest BCUT2D eigenvalue weighted by Gasteiger charge is 2.16. The summed E-state index contributed by atoms with van der Waals surface area (Å²) >= 11 is 0. The summed E-state index contributed by atoms with van der Waals surface area (Å²) in [7, 11) is 0. The van der Waals surface area contributed by atoms with Gasteiger partial charge in [0.1, 0.15) is 5.82 Å². The van der Waals surface area contributed by atoms with Crippen molar-refractivity contribution < 1.29 is 28.2 Å². The summed E-state index contributed by atoms with van der Waals surface area (Å²) in [6, 6.07) is 10.6. The summed E-state index contributed by atoms with van der Waals surface area (Å²) < 4.78 is 29.0. The first-order chi connectivity index (χ1) is 13.9. The van der Waals surface area contributed by atoms with Crippen LogP contribution in [0.15, 0.2) is 48.5 Å². The number of amides is 1. The summed E-state index contributed by atoms with van der Waals surface area (Å²) in [5.74, 6) is -0.386. The van der Waals surface area contributed by atoms with Crippen molar-refractivity contribution in [2.75, 3.05) is 18.5 Å². The predicted octanol–water partition coefficient (Wildman–Crippen LogP) is 4.21. The van der Waals surface area contributed by atoms with Crippen LogP contribution in [0.4, 0.5) is 10.1 Å². The Balaban J connectivity index is 1.94. The van der Waals surface area contributed by atoms with E-state index in [4.69, 9.17) is 14.2 Å². The fourth-order valence-electron chi connectivity index (χ4n) is 2.38.